The number of hydrogen-bond donors (Lipinski definition) is 4. The molecule has 1 fully saturated rings. The summed E-state index contributed by atoms with van der Waals surface area (Å²) < 4.78 is 4.88. The fraction of sp³-hybridized carbons (Fsp3) is 0.375. The predicted octanol–water partition coefficient (Wildman–Crippen LogP) is -0.122. The zero-order valence-electron chi connectivity index (χ0n) is 14.8. The minimum Gasteiger partial charge on any atom is -0.477 e. The number of thioether (sulfide) groups is 1. The zero-order chi connectivity index (χ0) is 20.4. The fourth-order valence-corrected chi connectivity index (χ4v) is 5.04. The normalized spacial score (nSPS) is 20.9. The quantitative estimate of drug-likeness (QED) is 0.202. The van der Waals surface area contributed by atoms with E-state index in [4.69, 9.17) is 10.6 Å². The number of anilines is 1. The number of aliphatic carboxylic acids is 1. The average Bonchev–Trinajstić information content (AvgIpc) is 3.10. The van der Waals surface area contributed by atoms with Crippen molar-refractivity contribution in [3.63, 3.8) is 0 Å². The molecule has 150 valence electrons. The highest BCUT2D eigenvalue weighted by molar-refractivity contribution is 8.00. The number of nitrogens with two attached hydrogens (primary N) is 1. The molecule has 10 nitrogen and oxygen atoms in total. The highest BCUT2D eigenvalue weighted by Gasteiger charge is 2.54. The predicted molar refractivity (Wildman–Crippen MR) is 102 cm³/mol. The number of carbonyl (C=O) groups excluding carboxylic acids is 3. The van der Waals surface area contributed by atoms with Gasteiger partial charge in [-0.1, -0.05) is 0 Å². The molecule has 2 aliphatic rings. The van der Waals surface area contributed by atoms with Crippen LogP contribution in [0, 0.1) is 0 Å². The molecule has 0 spiro atoms. The number of fused-ring (bicyclic) bond motifs is 1. The van der Waals surface area contributed by atoms with E-state index in [0.29, 0.717) is 16.1 Å². The van der Waals surface area contributed by atoms with Crippen LogP contribution in [0.3, 0.4) is 0 Å². The maximum atomic E-state index is 12.5. The van der Waals surface area contributed by atoms with Gasteiger partial charge in [-0.15, -0.1) is 23.1 Å². The van der Waals surface area contributed by atoms with Crippen molar-refractivity contribution in [2.75, 3.05) is 17.8 Å². The van der Waals surface area contributed by atoms with E-state index in [1.807, 2.05) is 0 Å². The van der Waals surface area contributed by atoms with Crippen LogP contribution in [-0.4, -0.2) is 57.5 Å². The van der Waals surface area contributed by atoms with E-state index >= 15 is 0 Å². The van der Waals surface area contributed by atoms with Gasteiger partial charge in [0.2, 0.25) is 5.91 Å². The monoisotopic (exact) mass is 426 g/mol. The summed E-state index contributed by atoms with van der Waals surface area (Å²) in [5.41, 5.74) is 3.38. The lowest BCUT2D eigenvalue weighted by Crippen LogP contribution is -2.70. The van der Waals surface area contributed by atoms with Crippen LogP contribution in [-0.2, 0) is 30.3 Å². The fourth-order valence-electron chi connectivity index (χ4n) is 2.98. The van der Waals surface area contributed by atoms with E-state index in [9.17, 15) is 24.3 Å². The van der Waals surface area contributed by atoms with Gasteiger partial charge in [0.1, 0.15) is 28.7 Å². The number of nitrogens with zero attached hydrogens (tertiary/aromatic N) is 1. The summed E-state index contributed by atoms with van der Waals surface area (Å²) in [5.74, 6) is 2.99. The standard InChI is InChI=1S/C16H18N4O6S2/c1-7(21)26-5-9-6-28-15-11(14(23)20(15)12(9)16(24)25)18-10(22)4-8-2-3-27-13(8)19-17/h2-3,11,15,19H,4-6,17H2,1H3,(H,18,22)(H,24,25)/t11-,15-/m1/s1. The summed E-state index contributed by atoms with van der Waals surface area (Å²) in [7, 11) is 0. The number of hydrazine groups is 1. The van der Waals surface area contributed by atoms with Crippen molar-refractivity contribution in [3.05, 3.63) is 28.3 Å². The molecule has 2 atom stereocenters. The second-order valence-corrected chi connectivity index (χ2v) is 8.11. The van der Waals surface area contributed by atoms with Crippen LogP contribution in [0.15, 0.2) is 22.7 Å². The van der Waals surface area contributed by atoms with Gasteiger partial charge in [0.15, 0.2) is 0 Å². The molecule has 0 aliphatic carbocycles. The number of rotatable bonds is 7. The third kappa shape index (κ3) is 3.84. The number of carboxylic acids is 1. The van der Waals surface area contributed by atoms with E-state index in [1.165, 1.54) is 30.0 Å². The number of thiophene rings is 1. The van der Waals surface area contributed by atoms with E-state index in [0.717, 1.165) is 4.90 Å². The summed E-state index contributed by atoms with van der Waals surface area (Å²) in [6, 6.07) is 0.950. The number of carboxylic acid groups (broad SMARTS) is 1. The second-order valence-electron chi connectivity index (χ2n) is 6.09. The average molecular weight is 426 g/mol. The maximum Gasteiger partial charge on any atom is 0.352 e. The van der Waals surface area contributed by atoms with Gasteiger partial charge in [-0.3, -0.25) is 19.3 Å². The molecule has 2 aliphatic heterocycles. The molecular weight excluding hydrogens is 408 g/mol. The Bertz CT molecular complexity index is 867. The highest BCUT2D eigenvalue weighted by Crippen LogP contribution is 2.40. The van der Waals surface area contributed by atoms with Gasteiger partial charge in [0.05, 0.1) is 6.42 Å². The molecule has 0 radical (unpaired) electrons. The summed E-state index contributed by atoms with van der Waals surface area (Å²) in [5, 5.41) is 14.1. The molecule has 3 heterocycles. The Morgan fingerprint density at radius 2 is 2.18 bits per heavy atom. The zero-order valence-corrected chi connectivity index (χ0v) is 16.4. The number of amides is 2. The van der Waals surface area contributed by atoms with Gasteiger partial charge >= 0.3 is 11.9 Å². The molecule has 0 bridgehead atoms. The number of hydrogen-bond acceptors (Lipinski definition) is 9. The summed E-state index contributed by atoms with van der Waals surface area (Å²) in [6.07, 6.45) is 0.0452. The second kappa shape index (κ2) is 8.20. The van der Waals surface area contributed by atoms with Gasteiger partial charge in [0, 0.05) is 18.2 Å². The Labute approximate surface area is 168 Å². The minimum atomic E-state index is -1.28. The number of nitrogen functional groups attached to an aromatic ring is 1. The molecular formula is C16H18N4O6S2. The summed E-state index contributed by atoms with van der Waals surface area (Å²) >= 11 is 2.67. The summed E-state index contributed by atoms with van der Waals surface area (Å²) in [6.45, 7) is 1.03. The molecule has 0 aromatic carbocycles. The lowest BCUT2D eigenvalue weighted by atomic mass is 10.0. The molecule has 28 heavy (non-hydrogen) atoms. The lowest BCUT2D eigenvalue weighted by molar-refractivity contribution is -0.151. The SMILES string of the molecule is CC(=O)OCC1=C(C(=O)O)N2C(=O)[C@@H](NC(=O)Cc3ccsc3NN)[C@H]2SC1. The van der Waals surface area contributed by atoms with Crippen LogP contribution < -0.4 is 16.6 Å². The Morgan fingerprint density at radius 3 is 2.82 bits per heavy atom. The Morgan fingerprint density at radius 1 is 1.43 bits per heavy atom. The van der Waals surface area contributed by atoms with Crippen molar-refractivity contribution in [1.29, 1.82) is 0 Å². The van der Waals surface area contributed by atoms with Crippen LogP contribution in [0.5, 0.6) is 0 Å². The maximum absolute atomic E-state index is 12.5. The Balaban J connectivity index is 1.68. The largest absolute Gasteiger partial charge is 0.477 e. The van der Waals surface area contributed by atoms with Gasteiger partial charge in [-0.25, -0.2) is 10.6 Å². The number of ether oxygens (including phenoxy) is 1. The number of nitrogens with one attached hydrogen (secondary N) is 2. The number of esters is 1. The van der Waals surface area contributed by atoms with Gasteiger partial charge in [-0.2, -0.15) is 0 Å². The van der Waals surface area contributed by atoms with Gasteiger partial charge in [0.25, 0.3) is 5.91 Å². The lowest BCUT2D eigenvalue weighted by Gasteiger charge is -2.49. The molecule has 0 saturated carbocycles. The first-order chi connectivity index (χ1) is 13.3. The summed E-state index contributed by atoms with van der Waals surface area (Å²) in [4.78, 5) is 48.6. The molecule has 3 rings (SSSR count). The number of β-lactam (4-membered cyclic amide) rings is 1. The topological polar surface area (TPSA) is 151 Å². The van der Waals surface area contributed by atoms with E-state index < -0.39 is 29.3 Å². The number of carbonyl (C=O) groups is 4. The van der Waals surface area contributed by atoms with Crippen LogP contribution >= 0.6 is 23.1 Å². The first-order valence-electron chi connectivity index (χ1n) is 8.19. The molecule has 2 amide bonds. The molecule has 1 aromatic rings. The minimum absolute atomic E-state index is 0.0452. The van der Waals surface area contributed by atoms with Crippen molar-refractivity contribution in [2.24, 2.45) is 5.84 Å². The van der Waals surface area contributed by atoms with Crippen LogP contribution in [0.25, 0.3) is 0 Å². The molecule has 0 unspecified atom stereocenters. The molecule has 5 N–H and O–H groups in total. The molecule has 12 heteroatoms. The highest BCUT2D eigenvalue weighted by atomic mass is 32.2. The Hall–Kier alpha value is -2.57. The Kier molecular flexibility index (Phi) is 5.91. The first-order valence-corrected chi connectivity index (χ1v) is 10.1. The van der Waals surface area contributed by atoms with E-state index in [1.54, 1.807) is 11.4 Å². The smallest absolute Gasteiger partial charge is 0.352 e. The van der Waals surface area contributed by atoms with Crippen molar-refractivity contribution < 1.29 is 29.0 Å². The first kappa shape index (κ1) is 20.2. The van der Waals surface area contributed by atoms with Crippen LogP contribution in [0.4, 0.5) is 5.00 Å². The van der Waals surface area contributed by atoms with Crippen molar-refractivity contribution in [2.45, 2.75) is 24.8 Å². The van der Waals surface area contributed by atoms with Crippen molar-refractivity contribution in [1.82, 2.24) is 10.2 Å². The third-order valence-electron chi connectivity index (χ3n) is 4.24. The van der Waals surface area contributed by atoms with Crippen molar-refractivity contribution in [3.8, 4) is 0 Å². The van der Waals surface area contributed by atoms with Crippen molar-refractivity contribution >= 4 is 51.9 Å². The van der Waals surface area contributed by atoms with Crippen LogP contribution in [0.2, 0.25) is 0 Å². The molecule has 1 saturated heterocycles. The van der Waals surface area contributed by atoms with E-state index in [-0.39, 0.29) is 30.4 Å². The third-order valence-corrected chi connectivity index (χ3v) is 6.47. The van der Waals surface area contributed by atoms with Gasteiger partial charge < -0.3 is 20.6 Å². The molecule has 1 aromatic heterocycles. The van der Waals surface area contributed by atoms with E-state index in [2.05, 4.69) is 10.7 Å². The van der Waals surface area contributed by atoms with Gasteiger partial charge in [-0.05, 0) is 17.0 Å². The van der Waals surface area contributed by atoms with Crippen LogP contribution in [0.1, 0.15) is 12.5 Å².